The molecule has 9 heteroatoms. The Labute approximate surface area is 162 Å². The van der Waals surface area contributed by atoms with Crippen LogP contribution in [0.2, 0.25) is 0 Å². The molecule has 1 fully saturated rings. The number of nitrogens with one attached hydrogen (secondary N) is 1. The molecule has 0 aliphatic carbocycles. The third kappa shape index (κ3) is 3.53. The largest absolute Gasteiger partial charge is 0.373 e. The summed E-state index contributed by atoms with van der Waals surface area (Å²) >= 11 is 0. The number of anilines is 1. The van der Waals surface area contributed by atoms with Gasteiger partial charge >= 0.3 is 0 Å². The maximum Gasteiger partial charge on any atom is 0.219 e. The van der Waals surface area contributed by atoms with Crippen LogP contribution in [0.3, 0.4) is 0 Å². The van der Waals surface area contributed by atoms with Crippen molar-refractivity contribution >= 4 is 22.8 Å². The minimum absolute atomic E-state index is 0.0678. The molecule has 1 N–H and O–H groups in total. The van der Waals surface area contributed by atoms with Gasteiger partial charge in [-0.25, -0.2) is 9.97 Å². The van der Waals surface area contributed by atoms with Crippen LogP contribution in [0.5, 0.6) is 0 Å². The van der Waals surface area contributed by atoms with E-state index < -0.39 is 0 Å². The third-order valence-electron chi connectivity index (χ3n) is 4.83. The minimum atomic E-state index is -0.0991. The number of carbonyl (C=O) groups is 1. The summed E-state index contributed by atoms with van der Waals surface area (Å²) in [5.74, 6) is 1.30. The summed E-state index contributed by atoms with van der Waals surface area (Å²) in [6.07, 6.45) is 1.62. The van der Waals surface area contributed by atoms with Crippen molar-refractivity contribution < 1.29 is 9.53 Å². The lowest BCUT2D eigenvalue weighted by atomic mass is 10.2. The van der Waals surface area contributed by atoms with E-state index in [1.54, 1.807) is 22.7 Å². The summed E-state index contributed by atoms with van der Waals surface area (Å²) < 4.78 is 7.56. The summed E-state index contributed by atoms with van der Waals surface area (Å²) in [4.78, 5) is 27.2. The number of ether oxygens (including phenoxy) is 1. The Morgan fingerprint density at radius 3 is 2.96 bits per heavy atom. The first-order valence-electron chi connectivity index (χ1n) is 9.26. The van der Waals surface area contributed by atoms with Crippen LogP contribution in [0.1, 0.15) is 12.6 Å². The standard InChI is InChI=1S/C19H23N7O2/c1-12-16-18(21-10-14-11-26(13(2)27)8-9-28-14)22-17(15-6-4-5-7-20-15)23-19(16)25(3)24-12/h4-7,14H,8-11H2,1-3H3,(H,21,22,23)/t14-/m0/s1. The molecule has 0 unspecified atom stereocenters. The van der Waals surface area contributed by atoms with E-state index in [9.17, 15) is 4.79 Å². The number of hydrogen-bond donors (Lipinski definition) is 1. The molecule has 1 aliphatic heterocycles. The summed E-state index contributed by atoms with van der Waals surface area (Å²) in [5.41, 5.74) is 2.29. The normalized spacial score (nSPS) is 17.1. The molecule has 0 radical (unpaired) electrons. The second kappa shape index (κ2) is 7.51. The number of amides is 1. The highest BCUT2D eigenvalue weighted by Gasteiger charge is 2.23. The SMILES string of the molecule is CC(=O)N1CCO[C@@H](CNc2nc(-c3ccccn3)nc3c2c(C)nn3C)C1. The third-order valence-corrected chi connectivity index (χ3v) is 4.83. The van der Waals surface area contributed by atoms with Gasteiger partial charge < -0.3 is 15.0 Å². The fourth-order valence-corrected chi connectivity index (χ4v) is 3.42. The first-order chi connectivity index (χ1) is 13.5. The monoisotopic (exact) mass is 381 g/mol. The van der Waals surface area contributed by atoms with E-state index in [1.807, 2.05) is 32.2 Å². The number of fused-ring (bicyclic) bond motifs is 1. The molecule has 1 saturated heterocycles. The summed E-state index contributed by atoms with van der Waals surface area (Å²) in [5, 5.41) is 8.75. The molecule has 1 amide bonds. The van der Waals surface area contributed by atoms with Crippen LogP contribution in [0.15, 0.2) is 24.4 Å². The van der Waals surface area contributed by atoms with E-state index in [0.29, 0.717) is 43.6 Å². The Hall–Kier alpha value is -3.07. The number of hydrogen-bond acceptors (Lipinski definition) is 7. The van der Waals surface area contributed by atoms with Gasteiger partial charge in [-0.05, 0) is 19.1 Å². The maximum atomic E-state index is 11.7. The fraction of sp³-hybridized carbons (Fsp3) is 0.421. The van der Waals surface area contributed by atoms with E-state index in [0.717, 1.165) is 16.7 Å². The van der Waals surface area contributed by atoms with Crippen LogP contribution in [0, 0.1) is 6.92 Å². The molecule has 0 bridgehead atoms. The van der Waals surface area contributed by atoms with Gasteiger partial charge in [0.25, 0.3) is 0 Å². The van der Waals surface area contributed by atoms with Crippen LogP contribution in [0.4, 0.5) is 5.82 Å². The highest BCUT2D eigenvalue weighted by molar-refractivity contribution is 5.90. The van der Waals surface area contributed by atoms with Crippen LogP contribution < -0.4 is 5.32 Å². The Kier molecular flexibility index (Phi) is 4.91. The number of carbonyl (C=O) groups excluding carboxylic acids is 1. The van der Waals surface area contributed by atoms with E-state index in [-0.39, 0.29) is 12.0 Å². The Morgan fingerprint density at radius 1 is 1.36 bits per heavy atom. The second-order valence-electron chi connectivity index (χ2n) is 6.86. The van der Waals surface area contributed by atoms with Crippen LogP contribution in [-0.4, -0.2) is 67.9 Å². The van der Waals surface area contributed by atoms with Crippen molar-refractivity contribution in [3.05, 3.63) is 30.1 Å². The topological polar surface area (TPSA) is 98.1 Å². The van der Waals surface area contributed by atoms with Gasteiger partial charge in [0.15, 0.2) is 11.5 Å². The number of aromatic nitrogens is 5. The molecule has 4 rings (SSSR count). The van der Waals surface area contributed by atoms with Gasteiger partial charge in [-0.15, -0.1) is 0 Å². The molecule has 28 heavy (non-hydrogen) atoms. The lowest BCUT2D eigenvalue weighted by Crippen LogP contribution is -2.47. The highest BCUT2D eigenvalue weighted by Crippen LogP contribution is 2.26. The fourth-order valence-electron chi connectivity index (χ4n) is 3.42. The van der Waals surface area contributed by atoms with Crippen LogP contribution in [-0.2, 0) is 16.6 Å². The van der Waals surface area contributed by atoms with Crippen LogP contribution in [0.25, 0.3) is 22.6 Å². The van der Waals surface area contributed by atoms with E-state index in [2.05, 4.69) is 20.4 Å². The summed E-state index contributed by atoms with van der Waals surface area (Å²) in [7, 11) is 1.86. The molecule has 3 aromatic heterocycles. The van der Waals surface area contributed by atoms with Crippen molar-refractivity contribution in [2.75, 3.05) is 31.6 Å². The molecule has 1 atom stereocenters. The quantitative estimate of drug-likeness (QED) is 0.729. The van der Waals surface area contributed by atoms with Crippen molar-refractivity contribution in [1.29, 1.82) is 0 Å². The molecule has 0 spiro atoms. The van der Waals surface area contributed by atoms with Gasteiger partial charge in [0.05, 0.1) is 23.8 Å². The van der Waals surface area contributed by atoms with E-state index in [1.165, 1.54) is 0 Å². The lowest BCUT2D eigenvalue weighted by molar-refractivity contribution is -0.135. The van der Waals surface area contributed by atoms with Crippen molar-refractivity contribution in [2.45, 2.75) is 20.0 Å². The predicted octanol–water partition coefficient (Wildman–Crippen LogP) is 1.39. The Morgan fingerprint density at radius 2 is 2.21 bits per heavy atom. The maximum absolute atomic E-state index is 11.7. The molecule has 3 aromatic rings. The molecule has 0 aromatic carbocycles. The zero-order valence-corrected chi connectivity index (χ0v) is 16.2. The number of pyridine rings is 1. The molecule has 9 nitrogen and oxygen atoms in total. The number of nitrogens with zero attached hydrogens (tertiary/aromatic N) is 6. The van der Waals surface area contributed by atoms with Crippen LogP contribution >= 0.6 is 0 Å². The zero-order valence-electron chi connectivity index (χ0n) is 16.2. The number of rotatable bonds is 4. The Bertz CT molecular complexity index is 1000. The Balaban J connectivity index is 1.65. The first-order valence-corrected chi connectivity index (χ1v) is 9.26. The average molecular weight is 381 g/mol. The van der Waals surface area contributed by atoms with Gasteiger partial charge in [0.1, 0.15) is 11.5 Å². The smallest absolute Gasteiger partial charge is 0.219 e. The molecule has 146 valence electrons. The predicted molar refractivity (Wildman–Crippen MR) is 105 cm³/mol. The first kappa shape index (κ1) is 18.3. The number of aryl methyl sites for hydroxylation is 2. The molecule has 0 saturated carbocycles. The van der Waals surface area contributed by atoms with Gasteiger partial charge in [-0.3, -0.25) is 14.5 Å². The second-order valence-corrected chi connectivity index (χ2v) is 6.86. The number of morpholine rings is 1. The average Bonchev–Trinajstić information content (AvgIpc) is 3.01. The van der Waals surface area contributed by atoms with Crippen molar-refractivity contribution in [1.82, 2.24) is 29.6 Å². The van der Waals surface area contributed by atoms with Crippen molar-refractivity contribution in [2.24, 2.45) is 7.05 Å². The van der Waals surface area contributed by atoms with Gasteiger partial charge in [-0.2, -0.15) is 5.10 Å². The molecular formula is C19H23N7O2. The summed E-state index contributed by atoms with van der Waals surface area (Å²) in [6, 6.07) is 5.64. The van der Waals surface area contributed by atoms with Crippen molar-refractivity contribution in [3.63, 3.8) is 0 Å². The van der Waals surface area contributed by atoms with Gasteiger partial charge in [0, 0.05) is 39.8 Å². The molecule has 1 aliphatic rings. The van der Waals surface area contributed by atoms with Gasteiger partial charge in [0.2, 0.25) is 5.91 Å². The van der Waals surface area contributed by atoms with Gasteiger partial charge in [-0.1, -0.05) is 6.07 Å². The van der Waals surface area contributed by atoms with E-state index >= 15 is 0 Å². The summed E-state index contributed by atoms with van der Waals surface area (Å²) in [6.45, 7) is 5.79. The highest BCUT2D eigenvalue weighted by atomic mass is 16.5. The lowest BCUT2D eigenvalue weighted by Gasteiger charge is -2.32. The van der Waals surface area contributed by atoms with E-state index in [4.69, 9.17) is 9.72 Å². The minimum Gasteiger partial charge on any atom is -0.373 e. The molecule has 4 heterocycles. The zero-order chi connectivity index (χ0) is 19.7. The van der Waals surface area contributed by atoms with Crippen molar-refractivity contribution in [3.8, 4) is 11.5 Å². The molecular weight excluding hydrogens is 358 g/mol.